The molecule has 0 aliphatic rings. The van der Waals surface area contributed by atoms with Gasteiger partial charge in [-0.1, -0.05) is 0 Å². The average Bonchev–Trinajstić information content (AvgIpc) is 2.65. The van der Waals surface area contributed by atoms with Crippen molar-refractivity contribution in [3.8, 4) is 0 Å². The maximum absolute atomic E-state index is 11.5. The third-order valence-electron chi connectivity index (χ3n) is 2.38. The molecule has 0 spiro atoms. The molecule has 0 bridgehead atoms. The number of carbonyl (C=O) groups is 1. The lowest BCUT2D eigenvalue weighted by Gasteiger charge is -2.04. The van der Waals surface area contributed by atoms with E-state index in [9.17, 15) is 4.79 Å². The number of carbonyl (C=O) groups excluding carboxylic acids is 1. The predicted molar refractivity (Wildman–Crippen MR) is 80.4 cm³/mol. The van der Waals surface area contributed by atoms with Gasteiger partial charge in [-0.15, -0.1) is 24.8 Å². The molecule has 0 unspecified atom stereocenters. The first-order chi connectivity index (χ1) is 8.19. The molecule has 1 heterocycles. The molecule has 0 saturated carbocycles. The Morgan fingerprint density at radius 2 is 2.11 bits per heavy atom. The molecule has 0 aliphatic carbocycles. The molecule has 0 atom stereocenters. The molecule has 0 fully saturated rings. The summed E-state index contributed by atoms with van der Waals surface area (Å²) in [6.45, 7) is 2.46. The summed E-state index contributed by atoms with van der Waals surface area (Å²) < 4.78 is 5.40. The van der Waals surface area contributed by atoms with E-state index in [0.717, 1.165) is 11.2 Å². The van der Waals surface area contributed by atoms with Crippen LogP contribution in [0, 0.1) is 6.92 Å². The molecule has 5 nitrogen and oxygen atoms in total. The van der Waals surface area contributed by atoms with E-state index in [1.54, 1.807) is 13.0 Å². The number of aryl methyl sites for hydroxylation is 1. The number of halogens is 2. The molecule has 2 aromatic rings. The van der Waals surface area contributed by atoms with Gasteiger partial charge in [0.25, 0.3) is 0 Å². The third-order valence-corrected chi connectivity index (χ3v) is 2.38. The molecule has 19 heavy (non-hydrogen) atoms. The molecule has 0 aliphatic heterocycles. The van der Waals surface area contributed by atoms with Crippen LogP contribution in [0.4, 0.5) is 5.69 Å². The first kappa shape index (κ1) is 17.7. The fourth-order valence-electron chi connectivity index (χ4n) is 1.58. The van der Waals surface area contributed by atoms with Gasteiger partial charge >= 0.3 is 0 Å². The zero-order valence-corrected chi connectivity index (χ0v) is 12.4. The van der Waals surface area contributed by atoms with Crippen molar-refractivity contribution >= 4 is 47.5 Å². The monoisotopic (exact) mass is 305 g/mol. The highest BCUT2D eigenvalue weighted by Gasteiger charge is 2.05. The van der Waals surface area contributed by atoms with Gasteiger partial charge in [0.15, 0.2) is 11.5 Å². The Kier molecular flexibility index (Phi) is 7.44. The van der Waals surface area contributed by atoms with Crippen LogP contribution in [0.1, 0.15) is 12.3 Å². The smallest absolute Gasteiger partial charge is 0.225 e. The van der Waals surface area contributed by atoms with Crippen LogP contribution in [0.3, 0.4) is 0 Å². The van der Waals surface area contributed by atoms with Crippen molar-refractivity contribution in [3.05, 3.63) is 24.1 Å². The van der Waals surface area contributed by atoms with Crippen molar-refractivity contribution in [2.75, 3.05) is 18.9 Å². The van der Waals surface area contributed by atoms with E-state index in [-0.39, 0.29) is 30.7 Å². The van der Waals surface area contributed by atoms with Gasteiger partial charge in [-0.3, -0.25) is 4.79 Å². The average molecular weight is 306 g/mol. The standard InChI is InChI=1S/C12H15N3O2.2ClH/c1-8-14-10-4-3-9(7-11(10)17-8)15-12(16)5-6-13-2;;/h3-4,7,13H,5-6H2,1-2H3,(H,15,16);2*1H. The molecule has 0 saturated heterocycles. The van der Waals surface area contributed by atoms with Crippen molar-refractivity contribution < 1.29 is 9.21 Å². The Hall–Kier alpha value is -1.30. The second-order valence-corrected chi connectivity index (χ2v) is 3.82. The fourth-order valence-corrected chi connectivity index (χ4v) is 1.58. The Morgan fingerprint density at radius 1 is 1.37 bits per heavy atom. The van der Waals surface area contributed by atoms with Crippen molar-refractivity contribution in [1.29, 1.82) is 0 Å². The number of hydrogen-bond donors (Lipinski definition) is 2. The van der Waals surface area contributed by atoms with E-state index in [4.69, 9.17) is 4.42 Å². The SMILES string of the molecule is CNCCC(=O)Nc1ccc2nc(C)oc2c1.Cl.Cl. The molecular weight excluding hydrogens is 289 g/mol. The largest absolute Gasteiger partial charge is 0.441 e. The van der Waals surface area contributed by atoms with Gasteiger partial charge in [0, 0.05) is 31.6 Å². The minimum atomic E-state index is -0.0186. The van der Waals surface area contributed by atoms with Gasteiger partial charge in [-0.05, 0) is 19.2 Å². The zero-order valence-electron chi connectivity index (χ0n) is 10.7. The highest BCUT2D eigenvalue weighted by molar-refractivity contribution is 5.92. The van der Waals surface area contributed by atoms with Gasteiger partial charge in [0.05, 0.1) is 0 Å². The molecule has 1 amide bonds. The van der Waals surface area contributed by atoms with Crippen molar-refractivity contribution in [2.24, 2.45) is 0 Å². The Morgan fingerprint density at radius 3 is 2.79 bits per heavy atom. The van der Waals surface area contributed by atoms with Gasteiger partial charge < -0.3 is 15.1 Å². The van der Waals surface area contributed by atoms with E-state index in [2.05, 4.69) is 15.6 Å². The van der Waals surface area contributed by atoms with Crippen LogP contribution in [-0.2, 0) is 4.79 Å². The second-order valence-electron chi connectivity index (χ2n) is 3.82. The number of aromatic nitrogens is 1. The lowest BCUT2D eigenvalue weighted by Crippen LogP contribution is -2.18. The van der Waals surface area contributed by atoms with E-state index >= 15 is 0 Å². The topological polar surface area (TPSA) is 67.2 Å². The van der Waals surface area contributed by atoms with Gasteiger partial charge in [0.1, 0.15) is 5.52 Å². The summed E-state index contributed by atoms with van der Waals surface area (Å²) in [6, 6.07) is 5.44. The maximum Gasteiger partial charge on any atom is 0.225 e. The number of hydrogen-bond acceptors (Lipinski definition) is 4. The van der Waals surface area contributed by atoms with Gasteiger partial charge in [-0.25, -0.2) is 4.98 Å². The molecule has 0 radical (unpaired) electrons. The van der Waals surface area contributed by atoms with Crippen LogP contribution in [0.15, 0.2) is 22.6 Å². The van der Waals surface area contributed by atoms with E-state index in [1.807, 2.05) is 19.2 Å². The number of rotatable bonds is 4. The molecule has 2 rings (SSSR count). The van der Waals surface area contributed by atoms with Crippen molar-refractivity contribution in [3.63, 3.8) is 0 Å². The second kappa shape index (κ2) is 7.99. The minimum absolute atomic E-state index is 0. The molecule has 7 heteroatoms. The number of fused-ring (bicyclic) bond motifs is 1. The van der Waals surface area contributed by atoms with Crippen LogP contribution in [0.5, 0.6) is 0 Å². The third kappa shape index (κ3) is 4.70. The number of nitrogens with one attached hydrogen (secondary N) is 2. The van der Waals surface area contributed by atoms with Crippen molar-refractivity contribution in [1.82, 2.24) is 10.3 Å². The minimum Gasteiger partial charge on any atom is -0.441 e. The quantitative estimate of drug-likeness (QED) is 0.911. The van der Waals surface area contributed by atoms with Crippen LogP contribution in [0.2, 0.25) is 0 Å². The number of oxazole rings is 1. The fraction of sp³-hybridized carbons (Fsp3) is 0.333. The van der Waals surface area contributed by atoms with Crippen LogP contribution >= 0.6 is 24.8 Å². The summed E-state index contributed by atoms with van der Waals surface area (Å²) in [6.07, 6.45) is 0.448. The lowest BCUT2D eigenvalue weighted by molar-refractivity contribution is -0.116. The Bertz CT molecular complexity index is 543. The summed E-state index contributed by atoms with van der Waals surface area (Å²) in [7, 11) is 1.82. The first-order valence-corrected chi connectivity index (χ1v) is 5.50. The normalized spacial score (nSPS) is 9.58. The molecule has 1 aromatic carbocycles. The van der Waals surface area contributed by atoms with E-state index in [1.165, 1.54) is 0 Å². The Balaban J connectivity index is 0.00000162. The van der Waals surface area contributed by atoms with Crippen molar-refractivity contribution in [2.45, 2.75) is 13.3 Å². The highest BCUT2D eigenvalue weighted by Crippen LogP contribution is 2.19. The molecule has 106 valence electrons. The highest BCUT2D eigenvalue weighted by atomic mass is 35.5. The summed E-state index contributed by atoms with van der Waals surface area (Å²) in [5, 5.41) is 5.74. The van der Waals surface area contributed by atoms with Crippen LogP contribution in [0.25, 0.3) is 11.1 Å². The van der Waals surface area contributed by atoms with E-state index < -0.39 is 0 Å². The first-order valence-electron chi connectivity index (χ1n) is 5.50. The zero-order chi connectivity index (χ0) is 12.3. The predicted octanol–water partition coefficient (Wildman–Crippen LogP) is 2.53. The molecule has 1 aromatic heterocycles. The summed E-state index contributed by atoms with van der Waals surface area (Å²) in [5.41, 5.74) is 2.22. The number of amides is 1. The van der Waals surface area contributed by atoms with Gasteiger partial charge in [-0.2, -0.15) is 0 Å². The number of benzene rings is 1. The summed E-state index contributed by atoms with van der Waals surface area (Å²) in [5.74, 6) is 0.605. The Labute approximate surface area is 124 Å². The van der Waals surface area contributed by atoms with Crippen LogP contribution < -0.4 is 10.6 Å². The van der Waals surface area contributed by atoms with Gasteiger partial charge in [0.2, 0.25) is 5.91 Å². The molecule has 2 N–H and O–H groups in total. The maximum atomic E-state index is 11.5. The summed E-state index contributed by atoms with van der Waals surface area (Å²) >= 11 is 0. The summed E-state index contributed by atoms with van der Waals surface area (Å²) in [4.78, 5) is 15.7. The number of nitrogens with zero attached hydrogens (tertiary/aromatic N) is 1. The molecular formula is C12H17Cl2N3O2. The van der Waals surface area contributed by atoms with E-state index in [0.29, 0.717) is 24.4 Å². The lowest BCUT2D eigenvalue weighted by atomic mass is 10.2. The van der Waals surface area contributed by atoms with Crippen LogP contribution in [-0.4, -0.2) is 24.5 Å². The number of anilines is 1.